The number of hydrogen-bond acceptors (Lipinski definition) is 4. The molecule has 0 bridgehead atoms. The first-order chi connectivity index (χ1) is 6.84. The maximum absolute atomic E-state index is 9.51. The number of aliphatic hydroxyl groups is 2. The molecule has 4 heteroatoms. The highest BCUT2D eigenvalue weighted by molar-refractivity contribution is 4.95. The van der Waals surface area contributed by atoms with Gasteiger partial charge in [0, 0.05) is 0 Å². The third-order valence-corrected chi connectivity index (χ3v) is 2.14. The van der Waals surface area contributed by atoms with Crippen LogP contribution >= 0.6 is 0 Å². The SMILES string of the molecule is OCCOCCO[C@@H]1CC=CC[C@H]1O. The molecule has 1 aliphatic rings. The van der Waals surface area contributed by atoms with Gasteiger partial charge in [-0.2, -0.15) is 0 Å². The summed E-state index contributed by atoms with van der Waals surface area (Å²) in [5, 5.41) is 18.0. The van der Waals surface area contributed by atoms with Gasteiger partial charge in [0.15, 0.2) is 0 Å². The van der Waals surface area contributed by atoms with Gasteiger partial charge in [-0.25, -0.2) is 0 Å². The first kappa shape index (κ1) is 11.7. The Hall–Kier alpha value is -0.420. The summed E-state index contributed by atoms with van der Waals surface area (Å²) >= 11 is 0. The molecule has 0 unspecified atom stereocenters. The minimum absolute atomic E-state index is 0.0365. The molecule has 0 aromatic heterocycles. The molecular formula is C10H18O4. The molecule has 0 spiro atoms. The average molecular weight is 202 g/mol. The van der Waals surface area contributed by atoms with E-state index in [4.69, 9.17) is 14.6 Å². The molecule has 0 heterocycles. The van der Waals surface area contributed by atoms with E-state index in [2.05, 4.69) is 0 Å². The summed E-state index contributed by atoms with van der Waals surface area (Å²) < 4.78 is 10.5. The molecule has 0 aliphatic heterocycles. The zero-order valence-corrected chi connectivity index (χ0v) is 8.26. The molecule has 4 nitrogen and oxygen atoms in total. The van der Waals surface area contributed by atoms with Gasteiger partial charge in [0.2, 0.25) is 0 Å². The minimum atomic E-state index is -0.391. The number of aliphatic hydroxyl groups excluding tert-OH is 2. The lowest BCUT2D eigenvalue weighted by Gasteiger charge is -2.24. The lowest BCUT2D eigenvalue weighted by atomic mass is 10.0. The Kier molecular flexibility index (Phi) is 5.78. The summed E-state index contributed by atoms with van der Waals surface area (Å²) in [5.41, 5.74) is 0. The third kappa shape index (κ3) is 4.19. The van der Waals surface area contributed by atoms with E-state index in [1.807, 2.05) is 12.2 Å². The topological polar surface area (TPSA) is 58.9 Å². The van der Waals surface area contributed by atoms with Crippen LogP contribution in [0.15, 0.2) is 12.2 Å². The van der Waals surface area contributed by atoms with Crippen LogP contribution in [0.4, 0.5) is 0 Å². The van der Waals surface area contributed by atoms with Crippen LogP contribution in [0.2, 0.25) is 0 Å². The van der Waals surface area contributed by atoms with Crippen LogP contribution in [0.25, 0.3) is 0 Å². The Bertz CT molecular complexity index is 170. The lowest BCUT2D eigenvalue weighted by molar-refractivity contribution is -0.0579. The van der Waals surface area contributed by atoms with E-state index in [1.54, 1.807) is 0 Å². The van der Waals surface area contributed by atoms with Crippen molar-refractivity contribution in [2.24, 2.45) is 0 Å². The normalized spacial score (nSPS) is 26.7. The second kappa shape index (κ2) is 6.95. The molecule has 82 valence electrons. The van der Waals surface area contributed by atoms with Crippen molar-refractivity contribution in [2.75, 3.05) is 26.4 Å². The molecule has 1 aliphatic carbocycles. The Balaban J connectivity index is 2.03. The molecule has 14 heavy (non-hydrogen) atoms. The summed E-state index contributed by atoms with van der Waals surface area (Å²) in [6.45, 7) is 1.31. The van der Waals surface area contributed by atoms with E-state index >= 15 is 0 Å². The second-order valence-electron chi connectivity index (χ2n) is 3.26. The number of rotatable bonds is 6. The molecule has 2 atom stereocenters. The molecule has 0 aromatic rings. The van der Waals surface area contributed by atoms with Crippen molar-refractivity contribution >= 4 is 0 Å². The molecule has 0 amide bonds. The fraction of sp³-hybridized carbons (Fsp3) is 0.800. The molecule has 1 rings (SSSR count). The Morgan fingerprint density at radius 2 is 1.93 bits per heavy atom. The van der Waals surface area contributed by atoms with Crippen molar-refractivity contribution in [2.45, 2.75) is 25.0 Å². The minimum Gasteiger partial charge on any atom is -0.394 e. The van der Waals surface area contributed by atoms with Gasteiger partial charge in [-0.15, -0.1) is 0 Å². The Morgan fingerprint density at radius 1 is 1.14 bits per heavy atom. The van der Waals surface area contributed by atoms with Gasteiger partial charge in [0.05, 0.1) is 38.6 Å². The molecule has 0 saturated heterocycles. The molecule has 0 radical (unpaired) electrons. The van der Waals surface area contributed by atoms with Crippen molar-refractivity contribution < 1.29 is 19.7 Å². The van der Waals surface area contributed by atoms with Crippen molar-refractivity contribution in [1.29, 1.82) is 0 Å². The first-order valence-corrected chi connectivity index (χ1v) is 4.98. The number of ether oxygens (including phenoxy) is 2. The van der Waals surface area contributed by atoms with E-state index in [0.29, 0.717) is 26.2 Å². The van der Waals surface area contributed by atoms with E-state index in [0.717, 1.165) is 6.42 Å². The van der Waals surface area contributed by atoms with E-state index in [-0.39, 0.29) is 12.7 Å². The van der Waals surface area contributed by atoms with Gasteiger partial charge in [0.1, 0.15) is 0 Å². The second-order valence-corrected chi connectivity index (χ2v) is 3.26. The predicted molar refractivity (Wildman–Crippen MR) is 52.0 cm³/mol. The predicted octanol–water partition coefficient (Wildman–Crippen LogP) is 0.0914. The van der Waals surface area contributed by atoms with E-state index < -0.39 is 6.10 Å². The fourth-order valence-corrected chi connectivity index (χ4v) is 1.38. The molecule has 2 N–H and O–H groups in total. The van der Waals surface area contributed by atoms with Gasteiger partial charge in [0.25, 0.3) is 0 Å². The average Bonchev–Trinajstić information content (AvgIpc) is 2.20. The molecular weight excluding hydrogens is 184 g/mol. The van der Waals surface area contributed by atoms with Crippen LogP contribution in [0.1, 0.15) is 12.8 Å². The zero-order chi connectivity index (χ0) is 10.2. The lowest BCUT2D eigenvalue weighted by Crippen LogP contribution is -2.31. The summed E-state index contributed by atoms with van der Waals surface area (Å²) in [6.07, 6.45) is 4.93. The fourth-order valence-electron chi connectivity index (χ4n) is 1.38. The zero-order valence-electron chi connectivity index (χ0n) is 8.26. The van der Waals surface area contributed by atoms with E-state index in [9.17, 15) is 5.11 Å². The Morgan fingerprint density at radius 3 is 2.64 bits per heavy atom. The van der Waals surface area contributed by atoms with Crippen molar-refractivity contribution in [3.63, 3.8) is 0 Å². The van der Waals surface area contributed by atoms with Crippen molar-refractivity contribution in [3.05, 3.63) is 12.2 Å². The van der Waals surface area contributed by atoms with Gasteiger partial charge >= 0.3 is 0 Å². The van der Waals surface area contributed by atoms with Crippen LogP contribution in [-0.4, -0.2) is 48.8 Å². The smallest absolute Gasteiger partial charge is 0.0872 e. The van der Waals surface area contributed by atoms with Gasteiger partial charge in [-0.3, -0.25) is 0 Å². The highest BCUT2D eigenvalue weighted by atomic mass is 16.5. The van der Waals surface area contributed by atoms with Gasteiger partial charge in [-0.05, 0) is 12.8 Å². The Labute approximate surface area is 84.1 Å². The number of hydrogen-bond donors (Lipinski definition) is 2. The molecule has 0 fully saturated rings. The largest absolute Gasteiger partial charge is 0.394 e. The van der Waals surface area contributed by atoms with E-state index in [1.165, 1.54) is 0 Å². The van der Waals surface area contributed by atoms with Crippen molar-refractivity contribution in [3.8, 4) is 0 Å². The van der Waals surface area contributed by atoms with Gasteiger partial charge in [-0.1, -0.05) is 12.2 Å². The maximum atomic E-state index is 9.51. The first-order valence-electron chi connectivity index (χ1n) is 4.98. The standard InChI is InChI=1S/C10H18O4/c11-5-6-13-7-8-14-10-4-2-1-3-9(10)12/h1-2,9-12H,3-8H2/t9-,10-/m1/s1. The monoisotopic (exact) mass is 202 g/mol. The van der Waals surface area contributed by atoms with Crippen LogP contribution in [0, 0.1) is 0 Å². The summed E-state index contributed by atoms with van der Waals surface area (Å²) in [5.74, 6) is 0. The highest BCUT2D eigenvalue weighted by Gasteiger charge is 2.19. The quantitative estimate of drug-likeness (QED) is 0.473. The molecule has 0 aromatic carbocycles. The summed E-state index contributed by atoms with van der Waals surface area (Å²) in [4.78, 5) is 0. The van der Waals surface area contributed by atoms with Crippen LogP contribution in [0.3, 0.4) is 0 Å². The van der Waals surface area contributed by atoms with Crippen LogP contribution in [0.5, 0.6) is 0 Å². The maximum Gasteiger partial charge on any atom is 0.0872 e. The highest BCUT2D eigenvalue weighted by Crippen LogP contribution is 2.14. The van der Waals surface area contributed by atoms with Crippen LogP contribution in [-0.2, 0) is 9.47 Å². The third-order valence-electron chi connectivity index (χ3n) is 2.14. The van der Waals surface area contributed by atoms with Gasteiger partial charge < -0.3 is 19.7 Å². The summed E-state index contributed by atoms with van der Waals surface area (Å²) in [7, 11) is 0. The van der Waals surface area contributed by atoms with Crippen molar-refractivity contribution in [1.82, 2.24) is 0 Å². The molecule has 0 saturated carbocycles. The van der Waals surface area contributed by atoms with Crippen LogP contribution < -0.4 is 0 Å². The summed E-state index contributed by atoms with van der Waals surface area (Å²) in [6, 6.07) is 0.